The van der Waals surface area contributed by atoms with Gasteiger partial charge in [0, 0.05) is 55.6 Å². The summed E-state index contributed by atoms with van der Waals surface area (Å²) in [6.07, 6.45) is 2.03. The SMILES string of the molecule is COc1cc(N2CCN(C(C)c3cnc4ccccc4c3)CC2)ccc1Br. The number of anilines is 1. The predicted octanol–water partition coefficient (Wildman–Crippen LogP) is 4.89. The number of ether oxygens (including phenoxy) is 1. The molecule has 1 atom stereocenters. The van der Waals surface area contributed by atoms with Crippen LogP contribution in [0.15, 0.2) is 59.2 Å². The topological polar surface area (TPSA) is 28.6 Å². The second-order valence-electron chi connectivity index (χ2n) is 6.98. The van der Waals surface area contributed by atoms with Crippen LogP contribution in [0.5, 0.6) is 5.75 Å². The normalized spacial score (nSPS) is 16.5. The number of aromatic nitrogens is 1. The molecule has 4 rings (SSSR count). The molecule has 0 radical (unpaired) electrons. The van der Waals surface area contributed by atoms with Crippen molar-refractivity contribution < 1.29 is 4.74 Å². The fourth-order valence-electron chi connectivity index (χ4n) is 3.74. The van der Waals surface area contributed by atoms with Crippen molar-refractivity contribution in [1.82, 2.24) is 9.88 Å². The van der Waals surface area contributed by atoms with Gasteiger partial charge in [-0.3, -0.25) is 9.88 Å². The van der Waals surface area contributed by atoms with Crippen LogP contribution < -0.4 is 9.64 Å². The third-order valence-corrected chi connectivity index (χ3v) is 6.11. The molecule has 0 aliphatic carbocycles. The van der Waals surface area contributed by atoms with Crippen LogP contribution >= 0.6 is 15.9 Å². The average molecular weight is 426 g/mol. The second kappa shape index (κ2) is 7.87. The first-order valence-electron chi connectivity index (χ1n) is 9.33. The Bertz CT molecular complexity index is 938. The van der Waals surface area contributed by atoms with Crippen LogP contribution in [0.3, 0.4) is 0 Å². The molecule has 5 heteroatoms. The van der Waals surface area contributed by atoms with E-state index in [1.54, 1.807) is 7.11 Å². The maximum atomic E-state index is 5.44. The van der Waals surface area contributed by atoms with Gasteiger partial charge in [0.2, 0.25) is 0 Å². The number of rotatable bonds is 4. The van der Waals surface area contributed by atoms with Crippen molar-refractivity contribution in [3.8, 4) is 5.75 Å². The summed E-state index contributed by atoms with van der Waals surface area (Å²) in [6.45, 7) is 6.37. The van der Waals surface area contributed by atoms with Crippen LogP contribution in [0.2, 0.25) is 0 Å². The van der Waals surface area contributed by atoms with Crippen LogP contribution in [0.25, 0.3) is 10.9 Å². The Balaban J connectivity index is 1.45. The fraction of sp³-hybridized carbons (Fsp3) is 0.318. The molecular formula is C22H24BrN3O. The zero-order chi connectivity index (χ0) is 18.8. The highest BCUT2D eigenvalue weighted by molar-refractivity contribution is 9.10. The van der Waals surface area contributed by atoms with E-state index >= 15 is 0 Å². The van der Waals surface area contributed by atoms with E-state index < -0.39 is 0 Å². The molecule has 1 unspecified atom stereocenters. The molecule has 1 aliphatic rings. The Labute approximate surface area is 168 Å². The molecule has 1 saturated heterocycles. The van der Waals surface area contributed by atoms with Gasteiger partial charge in [-0.1, -0.05) is 18.2 Å². The number of methoxy groups -OCH3 is 1. The molecule has 3 aromatic rings. The molecule has 27 heavy (non-hydrogen) atoms. The lowest BCUT2D eigenvalue weighted by molar-refractivity contribution is 0.198. The van der Waals surface area contributed by atoms with Gasteiger partial charge < -0.3 is 9.64 Å². The van der Waals surface area contributed by atoms with Crippen molar-refractivity contribution in [1.29, 1.82) is 0 Å². The van der Waals surface area contributed by atoms with E-state index in [9.17, 15) is 0 Å². The Morgan fingerprint density at radius 3 is 2.59 bits per heavy atom. The number of pyridine rings is 1. The first-order chi connectivity index (χ1) is 13.2. The zero-order valence-electron chi connectivity index (χ0n) is 15.7. The number of halogens is 1. The lowest BCUT2D eigenvalue weighted by atomic mass is 10.1. The van der Waals surface area contributed by atoms with Gasteiger partial charge in [0.15, 0.2) is 0 Å². The van der Waals surface area contributed by atoms with Gasteiger partial charge in [0.1, 0.15) is 5.75 Å². The van der Waals surface area contributed by atoms with Crippen molar-refractivity contribution in [2.45, 2.75) is 13.0 Å². The summed E-state index contributed by atoms with van der Waals surface area (Å²) in [6, 6.07) is 17.3. The molecule has 1 aliphatic heterocycles. The van der Waals surface area contributed by atoms with E-state index in [0.29, 0.717) is 6.04 Å². The number of para-hydroxylation sites is 1. The minimum atomic E-state index is 0.365. The van der Waals surface area contributed by atoms with Crippen molar-refractivity contribution in [2.75, 3.05) is 38.2 Å². The van der Waals surface area contributed by atoms with Crippen molar-refractivity contribution in [3.63, 3.8) is 0 Å². The Kier molecular flexibility index (Phi) is 5.32. The number of hydrogen-bond donors (Lipinski definition) is 0. The molecule has 1 fully saturated rings. The molecule has 1 aromatic heterocycles. The van der Waals surface area contributed by atoms with Gasteiger partial charge in [-0.2, -0.15) is 0 Å². The number of benzene rings is 2. The lowest BCUT2D eigenvalue weighted by Crippen LogP contribution is -2.47. The Morgan fingerprint density at radius 1 is 1.04 bits per heavy atom. The Hall–Kier alpha value is -2.11. The van der Waals surface area contributed by atoms with E-state index in [2.05, 4.69) is 80.1 Å². The molecule has 0 spiro atoms. The summed E-state index contributed by atoms with van der Waals surface area (Å²) in [5.74, 6) is 0.880. The van der Waals surface area contributed by atoms with Crippen LogP contribution in [-0.2, 0) is 0 Å². The highest BCUT2D eigenvalue weighted by atomic mass is 79.9. The van der Waals surface area contributed by atoms with Crippen LogP contribution in [0.4, 0.5) is 5.69 Å². The van der Waals surface area contributed by atoms with E-state index in [1.807, 2.05) is 12.3 Å². The van der Waals surface area contributed by atoms with Crippen LogP contribution in [0.1, 0.15) is 18.5 Å². The summed E-state index contributed by atoms with van der Waals surface area (Å²) >= 11 is 3.53. The fourth-order valence-corrected chi connectivity index (χ4v) is 4.15. The third-order valence-electron chi connectivity index (χ3n) is 5.46. The quantitative estimate of drug-likeness (QED) is 0.594. The number of hydrogen-bond acceptors (Lipinski definition) is 4. The summed E-state index contributed by atoms with van der Waals surface area (Å²) in [5.41, 5.74) is 3.56. The van der Waals surface area contributed by atoms with Gasteiger partial charge in [0.25, 0.3) is 0 Å². The van der Waals surface area contributed by atoms with E-state index in [-0.39, 0.29) is 0 Å². The molecule has 0 saturated carbocycles. The molecular weight excluding hydrogens is 402 g/mol. The standard InChI is InChI=1S/C22H24BrN3O/c1-16(18-13-17-5-3-4-6-21(17)24-15-18)25-9-11-26(12-10-25)19-7-8-20(23)22(14-19)27-2/h3-8,13-16H,9-12H2,1-2H3. The zero-order valence-corrected chi connectivity index (χ0v) is 17.3. The molecule has 140 valence electrons. The first kappa shape index (κ1) is 18.3. The van der Waals surface area contributed by atoms with Gasteiger partial charge in [-0.25, -0.2) is 0 Å². The van der Waals surface area contributed by atoms with Gasteiger partial charge in [-0.05, 0) is 52.7 Å². The average Bonchev–Trinajstić information content (AvgIpc) is 2.73. The minimum Gasteiger partial charge on any atom is -0.495 e. The smallest absolute Gasteiger partial charge is 0.135 e. The molecule has 4 nitrogen and oxygen atoms in total. The van der Waals surface area contributed by atoms with Crippen molar-refractivity contribution in [2.24, 2.45) is 0 Å². The number of fused-ring (bicyclic) bond motifs is 1. The maximum Gasteiger partial charge on any atom is 0.135 e. The van der Waals surface area contributed by atoms with E-state index in [0.717, 1.165) is 41.9 Å². The van der Waals surface area contributed by atoms with Crippen molar-refractivity contribution in [3.05, 3.63) is 64.8 Å². The highest BCUT2D eigenvalue weighted by Crippen LogP contribution is 2.31. The lowest BCUT2D eigenvalue weighted by Gasteiger charge is -2.39. The monoisotopic (exact) mass is 425 g/mol. The third kappa shape index (κ3) is 3.80. The molecule has 0 bridgehead atoms. The van der Waals surface area contributed by atoms with Crippen LogP contribution in [0, 0.1) is 0 Å². The summed E-state index contributed by atoms with van der Waals surface area (Å²) in [4.78, 5) is 9.60. The summed E-state index contributed by atoms with van der Waals surface area (Å²) in [5, 5.41) is 1.21. The van der Waals surface area contributed by atoms with Gasteiger partial charge in [0.05, 0.1) is 17.1 Å². The minimum absolute atomic E-state index is 0.365. The number of piperazine rings is 1. The first-order valence-corrected chi connectivity index (χ1v) is 10.1. The largest absolute Gasteiger partial charge is 0.495 e. The number of nitrogens with zero attached hydrogens (tertiary/aromatic N) is 3. The van der Waals surface area contributed by atoms with E-state index in [1.165, 1.54) is 16.6 Å². The molecule has 0 amide bonds. The maximum absolute atomic E-state index is 5.44. The predicted molar refractivity (Wildman–Crippen MR) is 115 cm³/mol. The Morgan fingerprint density at radius 2 is 1.81 bits per heavy atom. The molecule has 0 N–H and O–H groups in total. The highest BCUT2D eigenvalue weighted by Gasteiger charge is 2.23. The van der Waals surface area contributed by atoms with Gasteiger partial charge in [-0.15, -0.1) is 0 Å². The molecule has 2 heterocycles. The van der Waals surface area contributed by atoms with E-state index in [4.69, 9.17) is 4.74 Å². The van der Waals surface area contributed by atoms with Gasteiger partial charge >= 0.3 is 0 Å². The summed E-state index contributed by atoms with van der Waals surface area (Å²) in [7, 11) is 1.71. The van der Waals surface area contributed by atoms with Crippen LogP contribution in [-0.4, -0.2) is 43.2 Å². The summed E-state index contributed by atoms with van der Waals surface area (Å²) < 4.78 is 6.43. The molecule has 2 aromatic carbocycles. The van der Waals surface area contributed by atoms with Crippen molar-refractivity contribution >= 4 is 32.5 Å². The second-order valence-corrected chi connectivity index (χ2v) is 7.83.